The first kappa shape index (κ1) is 15.7. The predicted molar refractivity (Wildman–Crippen MR) is 96.0 cm³/mol. The number of hydrogen-bond donors (Lipinski definition) is 1. The van der Waals surface area contributed by atoms with Gasteiger partial charge in [-0.1, -0.05) is 11.6 Å². The number of carbonyl (C=O) groups excluding carboxylic acids is 1. The molecule has 1 aromatic carbocycles. The van der Waals surface area contributed by atoms with Gasteiger partial charge in [-0.2, -0.15) is 0 Å². The molecule has 126 valence electrons. The summed E-state index contributed by atoms with van der Waals surface area (Å²) in [6, 6.07) is 9.75. The molecule has 2 aromatic rings. The molecule has 4 nitrogen and oxygen atoms in total. The van der Waals surface area contributed by atoms with E-state index in [0.717, 1.165) is 53.8 Å². The lowest BCUT2D eigenvalue weighted by Crippen LogP contribution is -2.32. The Labute approximate surface area is 147 Å². The molecular weight excluding hydrogens is 322 g/mol. The van der Waals surface area contributed by atoms with Crippen LogP contribution in [0.2, 0.25) is 5.02 Å². The topological polar surface area (TPSA) is 37.3 Å². The number of benzene rings is 1. The van der Waals surface area contributed by atoms with Crippen molar-refractivity contribution in [2.24, 2.45) is 11.8 Å². The molecule has 0 radical (unpaired) electrons. The largest absolute Gasteiger partial charge is 0.338 e. The molecule has 2 aliphatic rings. The summed E-state index contributed by atoms with van der Waals surface area (Å²) in [5.74, 6) is 1.40. The molecular formula is C19H22ClN3O. The molecule has 0 aliphatic carbocycles. The summed E-state index contributed by atoms with van der Waals surface area (Å²) >= 11 is 5.99. The van der Waals surface area contributed by atoms with Crippen molar-refractivity contribution in [2.45, 2.75) is 13.8 Å². The van der Waals surface area contributed by atoms with E-state index in [2.05, 4.69) is 9.88 Å². The number of amides is 1. The summed E-state index contributed by atoms with van der Waals surface area (Å²) in [5.41, 5.74) is 3.92. The second-order valence-electron chi connectivity index (χ2n) is 6.99. The van der Waals surface area contributed by atoms with Crippen molar-refractivity contribution in [3.8, 4) is 5.69 Å². The summed E-state index contributed by atoms with van der Waals surface area (Å²) in [7, 11) is 0. The number of rotatable bonds is 2. The van der Waals surface area contributed by atoms with Crippen LogP contribution in [0.5, 0.6) is 0 Å². The van der Waals surface area contributed by atoms with Crippen molar-refractivity contribution in [1.82, 2.24) is 14.8 Å². The van der Waals surface area contributed by atoms with Crippen molar-refractivity contribution in [2.75, 3.05) is 26.2 Å². The lowest BCUT2D eigenvalue weighted by atomic mass is 10.0. The van der Waals surface area contributed by atoms with Gasteiger partial charge in [0.05, 0.1) is 5.56 Å². The number of fused-ring (bicyclic) bond motifs is 1. The third kappa shape index (κ3) is 2.54. The third-order valence-corrected chi connectivity index (χ3v) is 5.68. The summed E-state index contributed by atoms with van der Waals surface area (Å²) < 4.78 is 2.13. The zero-order valence-corrected chi connectivity index (χ0v) is 14.8. The van der Waals surface area contributed by atoms with Gasteiger partial charge in [0.1, 0.15) is 0 Å². The number of aromatic nitrogens is 1. The van der Waals surface area contributed by atoms with E-state index in [4.69, 9.17) is 11.6 Å². The zero-order chi connectivity index (χ0) is 16.8. The minimum atomic E-state index is 0.165. The van der Waals surface area contributed by atoms with E-state index in [-0.39, 0.29) is 5.91 Å². The summed E-state index contributed by atoms with van der Waals surface area (Å²) in [5, 5.41) is 4.14. The predicted octanol–water partition coefficient (Wildman–Crippen LogP) is 3.04. The average molecular weight is 344 g/mol. The van der Waals surface area contributed by atoms with Crippen molar-refractivity contribution in [1.29, 1.82) is 0 Å². The second kappa shape index (κ2) is 5.94. The Morgan fingerprint density at radius 1 is 1.12 bits per heavy atom. The van der Waals surface area contributed by atoms with Crippen LogP contribution in [0.15, 0.2) is 30.3 Å². The van der Waals surface area contributed by atoms with Crippen LogP contribution >= 0.6 is 11.6 Å². The van der Waals surface area contributed by atoms with E-state index in [9.17, 15) is 4.79 Å². The maximum absolute atomic E-state index is 13.0. The van der Waals surface area contributed by atoms with Crippen LogP contribution in [-0.4, -0.2) is 41.6 Å². The smallest absolute Gasteiger partial charge is 0.255 e. The van der Waals surface area contributed by atoms with Gasteiger partial charge in [-0.05, 0) is 56.0 Å². The van der Waals surface area contributed by atoms with E-state index in [0.29, 0.717) is 11.8 Å². The molecule has 1 aromatic heterocycles. The first-order chi connectivity index (χ1) is 11.5. The monoisotopic (exact) mass is 343 g/mol. The van der Waals surface area contributed by atoms with E-state index in [1.165, 1.54) is 0 Å². The van der Waals surface area contributed by atoms with Gasteiger partial charge in [0, 0.05) is 48.3 Å². The van der Waals surface area contributed by atoms with Crippen LogP contribution in [0.4, 0.5) is 0 Å². The van der Waals surface area contributed by atoms with Gasteiger partial charge in [0.15, 0.2) is 0 Å². The molecule has 1 N–H and O–H groups in total. The van der Waals surface area contributed by atoms with Crippen LogP contribution in [0.1, 0.15) is 21.7 Å². The SMILES string of the molecule is Cc1cc(C(=O)N2C[C@H]3CNC[C@H]3C2)c(C)n1-c1ccc(Cl)cc1. The van der Waals surface area contributed by atoms with Crippen LogP contribution in [0.25, 0.3) is 5.69 Å². The minimum Gasteiger partial charge on any atom is -0.338 e. The molecule has 0 bridgehead atoms. The first-order valence-electron chi connectivity index (χ1n) is 8.49. The van der Waals surface area contributed by atoms with E-state index in [1.807, 2.05) is 49.1 Å². The highest BCUT2D eigenvalue weighted by Crippen LogP contribution is 2.29. The second-order valence-corrected chi connectivity index (χ2v) is 7.42. The highest BCUT2D eigenvalue weighted by molar-refractivity contribution is 6.30. The first-order valence-corrected chi connectivity index (χ1v) is 8.87. The minimum absolute atomic E-state index is 0.165. The summed E-state index contributed by atoms with van der Waals surface area (Å²) in [6.07, 6.45) is 0. The number of nitrogens with zero attached hydrogens (tertiary/aromatic N) is 2. The zero-order valence-electron chi connectivity index (χ0n) is 14.1. The van der Waals surface area contributed by atoms with Crippen LogP contribution in [-0.2, 0) is 0 Å². The van der Waals surface area contributed by atoms with Gasteiger partial charge in [-0.15, -0.1) is 0 Å². The number of hydrogen-bond acceptors (Lipinski definition) is 2. The van der Waals surface area contributed by atoms with Gasteiger partial charge in [0.2, 0.25) is 0 Å². The van der Waals surface area contributed by atoms with Crippen LogP contribution < -0.4 is 5.32 Å². The number of likely N-dealkylation sites (tertiary alicyclic amines) is 1. The molecule has 0 spiro atoms. The lowest BCUT2D eigenvalue weighted by molar-refractivity contribution is 0.0781. The Bertz CT molecular complexity index is 769. The molecule has 2 fully saturated rings. The van der Waals surface area contributed by atoms with Crippen LogP contribution in [0.3, 0.4) is 0 Å². The standard InChI is InChI=1S/C19H22ClN3O/c1-12-7-18(13(2)23(12)17-5-3-16(20)4-6-17)19(24)22-10-14-8-21-9-15(14)11-22/h3-7,14-15,21H,8-11H2,1-2H3/t14-,15+. The Morgan fingerprint density at radius 2 is 1.75 bits per heavy atom. The third-order valence-electron chi connectivity index (χ3n) is 5.42. The highest BCUT2D eigenvalue weighted by Gasteiger charge is 2.38. The van der Waals surface area contributed by atoms with Gasteiger partial charge in [0.25, 0.3) is 5.91 Å². The maximum Gasteiger partial charge on any atom is 0.255 e. The normalized spacial score (nSPS) is 22.9. The molecule has 2 aliphatic heterocycles. The van der Waals surface area contributed by atoms with Gasteiger partial charge in [-0.25, -0.2) is 0 Å². The molecule has 3 heterocycles. The molecule has 0 unspecified atom stereocenters. The molecule has 2 atom stereocenters. The molecule has 5 heteroatoms. The van der Waals surface area contributed by atoms with Crippen molar-refractivity contribution in [3.63, 3.8) is 0 Å². The summed E-state index contributed by atoms with van der Waals surface area (Å²) in [6.45, 7) is 7.90. The molecule has 1 amide bonds. The Hall–Kier alpha value is -1.78. The lowest BCUT2D eigenvalue weighted by Gasteiger charge is -2.18. The molecule has 4 rings (SSSR count). The summed E-state index contributed by atoms with van der Waals surface area (Å²) in [4.78, 5) is 15.1. The van der Waals surface area contributed by atoms with Gasteiger partial charge in [-0.3, -0.25) is 4.79 Å². The van der Waals surface area contributed by atoms with E-state index < -0.39 is 0 Å². The fourth-order valence-electron chi connectivity index (χ4n) is 4.16. The number of carbonyl (C=O) groups is 1. The number of nitrogens with one attached hydrogen (secondary N) is 1. The maximum atomic E-state index is 13.0. The number of halogens is 1. The van der Waals surface area contributed by atoms with Gasteiger partial charge < -0.3 is 14.8 Å². The molecule has 24 heavy (non-hydrogen) atoms. The van der Waals surface area contributed by atoms with Crippen molar-refractivity contribution >= 4 is 17.5 Å². The highest BCUT2D eigenvalue weighted by atomic mass is 35.5. The van der Waals surface area contributed by atoms with E-state index in [1.54, 1.807) is 0 Å². The Morgan fingerprint density at radius 3 is 2.38 bits per heavy atom. The van der Waals surface area contributed by atoms with Crippen molar-refractivity contribution < 1.29 is 4.79 Å². The Kier molecular flexibility index (Phi) is 3.89. The van der Waals surface area contributed by atoms with Crippen molar-refractivity contribution in [3.05, 3.63) is 52.3 Å². The fraction of sp³-hybridized carbons (Fsp3) is 0.421. The Balaban J connectivity index is 1.63. The van der Waals surface area contributed by atoms with Crippen LogP contribution in [0, 0.1) is 25.7 Å². The van der Waals surface area contributed by atoms with Gasteiger partial charge >= 0.3 is 0 Å². The quantitative estimate of drug-likeness (QED) is 0.910. The van der Waals surface area contributed by atoms with E-state index >= 15 is 0 Å². The molecule has 0 saturated carbocycles. The average Bonchev–Trinajstić information content (AvgIpc) is 3.22. The number of aryl methyl sites for hydroxylation is 1. The molecule has 2 saturated heterocycles. The fourth-order valence-corrected chi connectivity index (χ4v) is 4.28.